The molecule has 0 aliphatic rings. The van der Waals surface area contributed by atoms with Gasteiger partial charge < -0.3 is 16.2 Å². The summed E-state index contributed by atoms with van der Waals surface area (Å²) in [6, 6.07) is 13.4. The molecular formula is C15H18N2O. The van der Waals surface area contributed by atoms with Crippen molar-refractivity contribution in [1.29, 1.82) is 0 Å². The predicted molar refractivity (Wildman–Crippen MR) is 75.7 cm³/mol. The molecule has 0 spiro atoms. The van der Waals surface area contributed by atoms with E-state index < -0.39 is 0 Å². The molecule has 0 heterocycles. The van der Waals surface area contributed by atoms with Crippen molar-refractivity contribution in [3.05, 3.63) is 53.6 Å². The van der Waals surface area contributed by atoms with Gasteiger partial charge in [-0.3, -0.25) is 0 Å². The van der Waals surface area contributed by atoms with Gasteiger partial charge in [-0.1, -0.05) is 19.1 Å². The second-order valence-corrected chi connectivity index (χ2v) is 4.29. The summed E-state index contributed by atoms with van der Waals surface area (Å²) in [4.78, 5) is 0. The number of anilines is 2. The number of nitrogens with one attached hydrogen (secondary N) is 1. The molecule has 0 aromatic heterocycles. The Morgan fingerprint density at radius 2 is 1.83 bits per heavy atom. The summed E-state index contributed by atoms with van der Waals surface area (Å²) in [5.74, 6) is 0.266. The number of phenols is 1. The molecule has 3 nitrogen and oxygen atoms in total. The molecule has 94 valence electrons. The van der Waals surface area contributed by atoms with Gasteiger partial charge >= 0.3 is 0 Å². The summed E-state index contributed by atoms with van der Waals surface area (Å²) in [6.07, 6.45) is 1.04. The van der Waals surface area contributed by atoms with E-state index >= 15 is 0 Å². The van der Waals surface area contributed by atoms with Gasteiger partial charge in [-0.05, 0) is 42.3 Å². The second-order valence-electron chi connectivity index (χ2n) is 4.29. The second kappa shape index (κ2) is 5.45. The van der Waals surface area contributed by atoms with Gasteiger partial charge in [-0.2, -0.15) is 0 Å². The van der Waals surface area contributed by atoms with Crippen LogP contribution in [0.4, 0.5) is 11.4 Å². The molecular weight excluding hydrogens is 224 g/mol. The van der Waals surface area contributed by atoms with E-state index in [-0.39, 0.29) is 5.75 Å². The molecule has 0 saturated carbocycles. The number of phenolic OH excluding ortho intramolecular Hbond substituents is 1. The van der Waals surface area contributed by atoms with Crippen LogP contribution in [0.2, 0.25) is 0 Å². The van der Waals surface area contributed by atoms with E-state index in [0.717, 1.165) is 17.7 Å². The Labute approximate surface area is 107 Å². The molecule has 2 rings (SSSR count). The van der Waals surface area contributed by atoms with Crippen molar-refractivity contribution in [3.8, 4) is 5.75 Å². The third-order valence-electron chi connectivity index (χ3n) is 2.95. The average molecular weight is 242 g/mol. The molecule has 2 aromatic carbocycles. The Balaban J connectivity index is 2.04. The molecule has 4 N–H and O–H groups in total. The third-order valence-corrected chi connectivity index (χ3v) is 2.95. The summed E-state index contributed by atoms with van der Waals surface area (Å²) < 4.78 is 0. The summed E-state index contributed by atoms with van der Waals surface area (Å²) in [6.45, 7) is 2.69. The van der Waals surface area contributed by atoms with Gasteiger partial charge in [-0.15, -0.1) is 0 Å². The molecule has 0 fully saturated rings. The van der Waals surface area contributed by atoms with Crippen LogP contribution < -0.4 is 11.1 Å². The van der Waals surface area contributed by atoms with Crippen LogP contribution in [0.25, 0.3) is 0 Å². The monoisotopic (exact) mass is 242 g/mol. The van der Waals surface area contributed by atoms with Crippen LogP contribution in [0.1, 0.15) is 18.1 Å². The van der Waals surface area contributed by atoms with Crippen LogP contribution >= 0.6 is 0 Å². The van der Waals surface area contributed by atoms with Gasteiger partial charge in [0.1, 0.15) is 5.75 Å². The van der Waals surface area contributed by atoms with Crippen molar-refractivity contribution < 1.29 is 5.11 Å². The minimum absolute atomic E-state index is 0.266. The Morgan fingerprint density at radius 1 is 1.11 bits per heavy atom. The average Bonchev–Trinajstić information content (AvgIpc) is 2.40. The lowest BCUT2D eigenvalue weighted by atomic mass is 10.1. The normalized spacial score (nSPS) is 10.3. The predicted octanol–water partition coefficient (Wildman–Crippen LogP) is 3.15. The van der Waals surface area contributed by atoms with Crippen LogP contribution in [0, 0.1) is 0 Å². The highest BCUT2D eigenvalue weighted by Crippen LogP contribution is 2.21. The van der Waals surface area contributed by atoms with Gasteiger partial charge in [0.15, 0.2) is 0 Å². The summed E-state index contributed by atoms with van der Waals surface area (Å²) in [5, 5.41) is 13.0. The number of nitrogens with two attached hydrogens (primary N) is 1. The fourth-order valence-corrected chi connectivity index (χ4v) is 1.80. The molecule has 0 aliphatic heterocycles. The molecule has 0 atom stereocenters. The topological polar surface area (TPSA) is 58.3 Å². The maximum atomic E-state index is 9.70. The highest BCUT2D eigenvalue weighted by molar-refractivity contribution is 5.50. The number of hydrogen-bond donors (Lipinski definition) is 3. The Bertz CT molecular complexity index is 521. The number of aromatic hydroxyl groups is 1. The maximum absolute atomic E-state index is 9.70. The number of benzene rings is 2. The molecule has 0 saturated heterocycles. The summed E-state index contributed by atoms with van der Waals surface area (Å²) in [5.41, 5.74) is 9.50. The first-order valence-corrected chi connectivity index (χ1v) is 6.09. The number of nitrogen functional groups attached to an aromatic ring is 1. The first-order valence-electron chi connectivity index (χ1n) is 6.09. The van der Waals surface area contributed by atoms with Crippen LogP contribution in [0.15, 0.2) is 42.5 Å². The molecule has 3 heteroatoms. The molecule has 0 bridgehead atoms. The van der Waals surface area contributed by atoms with Crippen LogP contribution in [-0.2, 0) is 13.0 Å². The van der Waals surface area contributed by atoms with Crippen LogP contribution in [0.3, 0.4) is 0 Å². The van der Waals surface area contributed by atoms with Crippen molar-refractivity contribution >= 4 is 11.4 Å². The summed E-state index contributed by atoms with van der Waals surface area (Å²) in [7, 11) is 0. The SMILES string of the molecule is CCc1ccc(NCc2cc(N)ccc2O)cc1. The number of rotatable bonds is 4. The first-order chi connectivity index (χ1) is 8.69. The Morgan fingerprint density at radius 3 is 2.50 bits per heavy atom. The lowest BCUT2D eigenvalue weighted by Crippen LogP contribution is -2.00. The third kappa shape index (κ3) is 2.94. The molecule has 0 amide bonds. The highest BCUT2D eigenvalue weighted by Gasteiger charge is 2.01. The van der Waals surface area contributed by atoms with E-state index in [1.54, 1.807) is 18.2 Å². The van der Waals surface area contributed by atoms with Crippen LogP contribution in [-0.4, -0.2) is 5.11 Å². The zero-order chi connectivity index (χ0) is 13.0. The number of aryl methyl sites for hydroxylation is 1. The standard InChI is InChI=1S/C15H18N2O/c1-2-11-3-6-14(7-4-11)17-10-12-9-13(16)5-8-15(12)18/h3-9,17-18H,2,10,16H2,1H3. The minimum Gasteiger partial charge on any atom is -0.508 e. The smallest absolute Gasteiger partial charge is 0.120 e. The first kappa shape index (κ1) is 12.3. The van der Waals surface area contributed by atoms with E-state index in [2.05, 4.69) is 24.4 Å². The van der Waals surface area contributed by atoms with Crippen molar-refractivity contribution in [2.24, 2.45) is 0 Å². The fourth-order valence-electron chi connectivity index (χ4n) is 1.80. The fraction of sp³-hybridized carbons (Fsp3) is 0.200. The van der Waals surface area contributed by atoms with E-state index in [1.807, 2.05) is 12.1 Å². The Hall–Kier alpha value is -2.16. The van der Waals surface area contributed by atoms with Gasteiger partial charge in [0.25, 0.3) is 0 Å². The van der Waals surface area contributed by atoms with E-state index in [4.69, 9.17) is 5.73 Å². The van der Waals surface area contributed by atoms with Gasteiger partial charge in [0.05, 0.1) is 0 Å². The largest absolute Gasteiger partial charge is 0.508 e. The summed E-state index contributed by atoms with van der Waals surface area (Å²) >= 11 is 0. The molecule has 2 aromatic rings. The zero-order valence-corrected chi connectivity index (χ0v) is 10.5. The van der Waals surface area contributed by atoms with E-state index in [9.17, 15) is 5.11 Å². The van der Waals surface area contributed by atoms with Crippen molar-refractivity contribution in [3.63, 3.8) is 0 Å². The van der Waals surface area contributed by atoms with E-state index in [1.165, 1.54) is 5.56 Å². The van der Waals surface area contributed by atoms with Gasteiger partial charge in [-0.25, -0.2) is 0 Å². The molecule has 0 aliphatic carbocycles. The van der Waals surface area contributed by atoms with Crippen molar-refractivity contribution in [2.45, 2.75) is 19.9 Å². The number of hydrogen-bond acceptors (Lipinski definition) is 3. The lowest BCUT2D eigenvalue weighted by molar-refractivity contribution is 0.469. The van der Waals surface area contributed by atoms with E-state index in [0.29, 0.717) is 12.2 Å². The zero-order valence-electron chi connectivity index (χ0n) is 10.5. The van der Waals surface area contributed by atoms with Crippen LogP contribution in [0.5, 0.6) is 5.75 Å². The molecule has 18 heavy (non-hydrogen) atoms. The quantitative estimate of drug-likeness (QED) is 0.570. The molecule has 0 radical (unpaired) electrons. The minimum atomic E-state index is 0.266. The highest BCUT2D eigenvalue weighted by atomic mass is 16.3. The Kier molecular flexibility index (Phi) is 3.72. The van der Waals surface area contributed by atoms with Crippen molar-refractivity contribution in [2.75, 3.05) is 11.1 Å². The van der Waals surface area contributed by atoms with Gasteiger partial charge in [0.2, 0.25) is 0 Å². The van der Waals surface area contributed by atoms with Crippen molar-refractivity contribution in [1.82, 2.24) is 0 Å². The molecule has 0 unspecified atom stereocenters. The maximum Gasteiger partial charge on any atom is 0.120 e. The van der Waals surface area contributed by atoms with Gasteiger partial charge in [0, 0.05) is 23.5 Å². The lowest BCUT2D eigenvalue weighted by Gasteiger charge is -2.09.